The smallest absolute Gasteiger partial charge is 0.327 e. The fourth-order valence-electron chi connectivity index (χ4n) is 5.32. The summed E-state index contributed by atoms with van der Waals surface area (Å²) in [6.07, 6.45) is 3.60. The van der Waals surface area contributed by atoms with E-state index < -0.39 is 23.9 Å². The number of nitrogens with zero attached hydrogens (tertiary/aromatic N) is 3. The van der Waals surface area contributed by atoms with Crippen molar-refractivity contribution in [3.8, 4) is 11.1 Å². The quantitative estimate of drug-likeness (QED) is 0.540. The highest BCUT2D eigenvalue weighted by Crippen LogP contribution is 2.34. The van der Waals surface area contributed by atoms with Gasteiger partial charge in [-0.1, -0.05) is 54.6 Å². The highest BCUT2D eigenvalue weighted by molar-refractivity contribution is 6.08. The third kappa shape index (κ3) is 4.54. The van der Waals surface area contributed by atoms with Gasteiger partial charge in [-0.2, -0.15) is 0 Å². The molecule has 0 bridgehead atoms. The van der Waals surface area contributed by atoms with E-state index in [-0.39, 0.29) is 18.2 Å². The van der Waals surface area contributed by atoms with Gasteiger partial charge in [0.2, 0.25) is 11.8 Å². The minimum atomic E-state index is -0.968. The van der Waals surface area contributed by atoms with Crippen molar-refractivity contribution in [3.05, 3.63) is 84.1 Å². The lowest BCUT2D eigenvalue weighted by Gasteiger charge is -2.46. The molecule has 5 rings (SSSR count). The predicted octanol–water partition coefficient (Wildman–Crippen LogP) is 3.19. The lowest BCUT2D eigenvalue weighted by molar-refractivity contribution is -0.157. The lowest BCUT2D eigenvalue weighted by atomic mass is 9.82. The summed E-state index contributed by atoms with van der Waals surface area (Å²) < 4.78 is 0. The van der Waals surface area contributed by atoms with Gasteiger partial charge in [0.25, 0.3) is 0 Å². The first-order valence-corrected chi connectivity index (χ1v) is 12.2. The van der Waals surface area contributed by atoms with E-state index in [1.54, 1.807) is 23.2 Å². The van der Waals surface area contributed by atoms with Crippen LogP contribution in [0.1, 0.15) is 29.9 Å². The summed E-state index contributed by atoms with van der Waals surface area (Å²) in [6.45, 7) is 1.03. The number of benzene rings is 2. The van der Waals surface area contributed by atoms with Crippen LogP contribution in [0.15, 0.2) is 72.9 Å². The Bertz CT molecular complexity index is 1280. The molecule has 0 radical (unpaired) electrons. The van der Waals surface area contributed by atoms with E-state index in [0.717, 1.165) is 40.0 Å². The molecule has 2 saturated heterocycles. The van der Waals surface area contributed by atoms with E-state index in [0.29, 0.717) is 18.9 Å². The fourth-order valence-corrected chi connectivity index (χ4v) is 5.32. The second-order valence-corrected chi connectivity index (χ2v) is 9.51. The number of hydrogen-bond acceptors (Lipinski definition) is 5. The number of nitrogens with two attached hydrogens (primary N) is 2. The average molecular weight is 484 g/mol. The first-order valence-electron chi connectivity index (χ1n) is 12.2. The van der Waals surface area contributed by atoms with Crippen LogP contribution >= 0.6 is 0 Å². The number of amides is 4. The molecular formula is C28H29N5O3. The molecule has 3 atom stereocenters. The van der Waals surface area contributed by atoms with Gasteiger partial charge in [0, 0.05) is 25.2 Å². The van der Waals surface area contributed by atoms with Crippen molar-refractivity contribution in [2.24, 2.45) is 11.7 Å². The van der Waals surface area contributed by atoms with Crippen LogP contribution in [-0.4, -0.2) is 51.8 Å². The monoisotopic (exact) mass is 483 g/mol. The minimum absolute atomic E-state index is 0.159. The topological polar surface area (TPSA) is 123 Å². The van der Waals surface area contributed by atoms with Crippen LogP contribution in [0, 0.1) is 5.92 Å². The van der Waals surface area contributed by atoms with E-state index in [9.17, 15) is 14.4 Å². The van der Waals surface area contributed by atoms with Crippen molar-refractivity contribution in [2.45, 2.75) is 31.2 Å². The van der Waals surface area contributed by atoms with Gasteiger partial charge in [-0.05, 0) is 53.6 Å². The summed E-state index contributed by atoms with van der Waals surface area (Å²) in [5, 5.41) is 0. The van der Waals surface area contributed by atoms with Gasteiger partial charge in [-0.3, -0.25) is 14.5 Å². The molecule has 0 aliphatic carbocycles. The normalized spacial score (nSPS) is 21.7. The van der Waals surface area contributed by atoms with Gasteiger partial charge in [0.15, 0.2) is 0 Å². The lowest BCUT2D eigenvalue weighted by Crippen LogP contribution is -2.70. The molecule has 2 aromatic carbocycles. The van der Waals surface area contributed by atoms with Crippen LogP contribution in [0.5, 0.6) is 0 Å². The SMILES string of the molecule is NC(=O)[C@@H]1[C@@H](Cc2ccnc(N)c2)C(=O)N1C(=O)N1CCCC(c2ccc(-c3ccccc3)cc2)C1. The number of rotatable bonds is 5. The molecule has 1 aromatic heterocycles. The molecule has 3 heterocycles. The summed E-state index contributed by atoms with van der Waals surface area (Å²) in [4.78, 5) is 45.3. The average Bonchev–Trinajstić information content (AvgIpc) is 2.90. The van der Waals surface area contributed by atoms with Gasteiger partial charge in [0.1, 0.15) is 11.9 Å². The van der Waals surface area contributed by atoms with Crippen LogP contribution < -0.4 is 11.5 Å². The molecule has 2 aliphatic rings. The van der Waals surface area contributed by atoms with Crippen molar-refractivity contribution in [1.82, 2.24) is 14.8 Å². The first-order chi connectivity index (χ1) is 17.4. The highest BCUT2D eigenvalue weighted by Gasteiger charge is 2.54. The summed E-state index contributed by atoms with van der Waals surface area (Å²) in [7, 11) is 0. The number of likely N-dealkylation sites (tertiary alicyclic amines) is 2. The van der Waals surface area contributed by atoms with Gasteiger partial charge in [-0.15, -0.1) is 0 Å². The van der Waals surface area contributed by atoms with Crippen LogP contribution in [0.4, 0.5) is 10.6 Å². The number of urea groups is 1. The number of primary amides is 1. The zero-order chi connectivity index (χ0) is 25.2. The van der Waals surface area contributed by atoms with Crippen LogP contribution in [-0.2, 0) is 16.0 Å². The molecule has 4 N–H and O–H groups in total. The molecule has 0 saturated carbocycles. The summed E-state index contributed by atoms with van der Waals surface area (Å²) in [5.41, 5.74) is 15.6. The molecule has 36 heavy (non-hydrogen) atoms. The summed E-state index contributed by atoms with van der Waals surface area (Å²) >= 11 is 0. The number of imide groups is 1. The maximum Gasteiger partial charge on any atom is 0.327 e. The number of piperidine rings is 1. The van der Waals surface area contributed by atoms with Crippen molar-refractivity contribution in [3.63, 3.8) is 0 Å². The maximum absolute atomic E-state index is 13.4. The molecule has 2 fully saturated rings. The zero-order valence-electron chi connectivity index (χ0n) is 19.9. The molecule has 3 aromatic rings. The van der Waals surface area contributed by atoms with Crippen LogP contribution in [0.2, 0.25) is 0 Å². The van der Waals surface area contributed by atoms with E-state index in [4.69, 9.17) is 11.5 Å². The number of β-lactam (4-membered cyclic amide) rings is 1. The van der Waals surface area contributed by atoms with Gasteiger partial charge in [0.05, 0.1) is 5.92 Å². The van der Waals surface area contributed by atoms with Crippen LogP contribution in [0.3, 0.4) is 0 Å². The van der Waals surface area contributed by atoms with Crippen LogP contribution in [0.25, 0.3) is 11.1 Å². The Labute approximate surface area is 209 Å². The van der Waals surface area contributed by atoms with Crippen molar-refractivity contribution in [1.29, 1.82) is 0 Å². The molecule has 0 spiro atoms. The molecule has 2 aliphatic heterocycles. The Hall–Kier alpha value is -4.20. The van der Waals surface area contributed by atoms with Crippen molar-refractivity contribution < 1.29 is 14.4 Å². The Kier molecular flexibility index (Phi) is 6.41. The predicted molar refractivity (Wildman–Crippen MR) is 136 cm³/mol. The van der Waals surface area contributed by atoms with Gasteiger partial charge >= 0.3 is 6.03 Å². The van der Waals surface area contributed by atoms with E-state index in [1.807, 2.05) is 18.2 Å². The number of carbonyl (C=O) groups excluding carboxylic acids is 3. The van der Waals surface area contributed by atoms with E-state index in [2.05, 4.69) is 41.4 Å². The number of aromatic nitrogens is 1. The number of anilines is 1. The van der Waals surface area contributed by atoms with E-state index >= 15 is 0 Å². The number of nitrogen functional groups attached to an aromatic ring is 1. The zero-order valence-corrected chi connectivity index (χ0v) is 19.9. The second kappa shape index (κ2) is 9.81. The standard InChI is InChI=1S/C28H29N5O3/c29-24-16-18(12-13-31-24)15-23-25(26(30)34)33(27(23)35)28(36)32-14-4-7-22(17-32)21-10-8-20(9-11-21)19-5-2-1-3-6-19/h1-3,5-6,8-13,16,22-23,25H,4,7,14-15,17H2,(H2,29,31)(H2,30,34)/t22?,23-,25+/m1/s1. The third-order valence-electron chi connectivity index (χ3n) is 7.19. The fraction of sp³-hybridized carbons (Fsp3) is 0.286. The van der Waals surface area contributed by atoms with Gasteiger partial charge < -0.3 is 16.4 Å². The number of hydrogen-bond donors (Lipinski definition) is 2. The Balaban J connectivity index is 1.27. The van der Waals surface area contributed by atoms with Gasteiger partial charge in [-0.25, -0.2) is 9.78 Å². The second-order valence-electron chi connectivity index (χ2n) is 9.51. The molecule has 8 heteroatoms. The molecule has 4 amide bonds. The van der Waals surface area contributed by atoms with E-state index in [1.165, 1.54) is 0 Å². The maximum atomic E-state index is 13.4. The summed E-state index contributed by atoms with van der Waals surface area (Å²) in [6, 6.07) is 20.6. The Morgan fingerprint density at radius 2 is 1.72 bits per heavy atom. The Morgan fingerprint density at radius 3 is 2.42 bits per heavy atom. The third-order valence-corrected chi connectivity index (χ3v) is 7.19. The van der Waals surface area contributed by atoms with Crippen molar-refractivity contribution in [2.75, 3.05) is 18.8 Å². The number of pyridine rings is 1. The molecule has 1 unspecified atom stereocenters. The number of carbonyl (C=O) groups is 3. The Morgan fingerprint density at radius 1 is 1.00 bits per heavy atom. The minimum Gasteiger partial charge on any atom is -0.384 e. The first kappa shape index (κ1) is 23.5. The van der Waals surface area contributed by atoms with Crippen molar-refractivity contribution >= 4 is 23.7 Å². The molecule has 184 valence electrons. The molecular weight excluding hydrogens is 454 g/mol. The molecule has 8 nitrogen and oxygen atoms in total. The summed E-state index contributed by atoms with van der Waals surface area (Å²) in [5.74, 6) is -1.25. The largest absolute Gasteiger partial charge is 0.384 e. The highest BCUT2D eigenvalue weighted by atomic mass is 16.2.